The van der Waals surface area contributed by atoms with Gasteiger partial charge in [-0.1, -0.05) is 6.07 Å². The van der Waals surface area contributed by atoms with Crippen molar-refractivity contribution in [1.82, 2.24) is 4.98 Å². The van der Waals surface area contributed by atoms with Crippen LogP contribution in [0.2, 0.25) is 0 Å². The van der Waals surface area contributed by atoms with Gasteiger partial charge in [-0.15, -0.1) is 0 Å². The van der Waals surface area contributed by atoms with Gasteiger partial charge < -0.3 is 4.90 Å². The van der Waals surface area contributed by atoms with Crippen LogP contribution in [-0.2, 0) is 12.6 Å². The van der Waals surface area contributed by atoms with Gasteiger partial charge in [0, 0.05) is 18.4 Å². The Labute approximate surface area is 123 Å². The standard InChI is InChI=1S/C15H10F4N2O/c16-12-8-20-6-4-10(12)14(22)21-7-5-9-11(15(17,18)19)2-1-3-13(9)21/h1-4,6,8H,5,7H2. The Morgan fingerprint density at radius 2 is 2.00 bits per heavy atom. The molecule has 1 aliphatic rings. The molecule has 114 valence electrons. The first-order valence-electron chi connectivity index (χ1n) is 6.50. The molecule has 2 aromatic rings. The van der Waals surface area contributed by atoms with Crippen LogP contribution in [0.4, 0.5) is 23.2 Å². The first-order chi connectivity index (χ1) is 10.4. The van der Waals surface area contributed by atoms with Crippen LogP contribution in [0.5, 0.6) is 0 Å². The summed E-state index contributed by atoms with van der Waals surface area (Å²) in [5, 5.41) is 0. The van der Waals surface area contributed by atoms with Crippen LogP contribution in [0.15, 0.2) is 36.7 Å². The molecule has 1 aliphatic heterocycles. The molecule has 0 N–H and O–H groups in total. The zero-order valence-corrected chi connectivity index (χ0v) is 11.2. The molecule has 2 heterocycles. The van der Waals surface area contributed by atoms with Gasteiger partial charge in [-0.2, -0.15) is 13.2 Å². The molecule has 0 bridgehead atoms. The fourth-order valence-corrected chi connectivity index (χ4v) is 2.60. The number of pyridine rings is 1. The van der Waals surface area contributed by atoms with E-state index in [2.05, 4.69) is 4.98 Å². The maximum absolute atomic E-state index is 13.6. The Kier molecular flexibility index (Phi) is 3.35. The average Bonchev–Trinajstić information content (AvgIpc) is 2.89. The number of halogens is 4. The number of alkyl halides is 3. The quantitative estimate of drug-likeness (QED) is 0.756. The molecule has 0 atom stereocenters. The highest BCUT2D eigenvalue weighted by Gasteiger charge is 2.38. The summed E-state index contributed by atoms with van der Waals surface area (Å²) in [5.74, 6) is -1.47. The largest absolute Gasteiger partial charge is 0.416 e. The van der Waals surface area contributed by atoms with Crippen LogP contribution < -0.4 is 4.90 Å². The third-order valence-corrected chi connectivity index (χ3v) is 3.58. The minimum absolute atomic E-state index is 0.0674. The van der Waals surface area contributed by atoms with Gasteiger partial charge in [-0.25, -0.2) is 4.39 Å². The lowest BCUT2D eigenvalue weighted by Crippen LogP contribution is -2.29. The van der Waals surface area contributed by atoms with E-state index >= 15 is 0 Å². The monoisotopic (exact) mass is 310 g/mol. The topological polar surface area (TPSA) is 33.2 Å². The molecular formula is C15H10F4N2O. The summed E-state index contributed by atoms with van der Waals surface area (Å²) in [4.78, 5) is 17.1. The Bertz CT molecular complexity index is 743. The van der Waals surface area contributed by atoms with E-state index in [0.717, 1.165) is 12.3 Å². The van der Waals surface area contributed by atoms with E-state index in [-0.39, 0.29) is 29.8 Å². The highest BCUT2D eigenvalue weighted by Crippen LogP contribution is 2.39. The molecule has 1 amide bonds. The normalized spacial score (nSPS) is 14.1. The number of fused-ring (bicyclic) bond motifs is 1. The Morgan fingerprint density at radius 1 is 1.23 bits per heavy atom. The van der Waals surface area contributed by atoms with Gasteiger partial charge in [-0.05, 0) is 30.2 Å². The second-order valence-electron chi connectivity index (χ2n) is 4.86. The second-order valence-corrected chi connectivity index (χ2v) is 4.86. The maximum atomic E-state index is 13.6. The Morgan fingerprint density at radius 3 is 2.68 bits per heavy atom. The molecule has 0 aliphatic carbocycles. The molecule has 0 unspecified atom stereocenters. The average molecular weight is 310 g/mol. The van der Waals surface area contributed by atoms with Crippen LogP contribution in [0.25, 0.3) is 0 Å². The summed E-state index contributed by atoms with van der Waals surface area (Å²) < 4.78 is 52.6. The van der Waals surface area contributed by atoms with Gasteiger partial charge in [0.25, 0.3) is 5.91 Å². The number of hydrogen-bond donors (Lipinski definition) is 0. The highest BCUT2D eigenvalue weighted by molar-refractivity contribution is 6.07. The lowest BCUT2D eigenvalue weighted by molar-refractivity contribution is -0.138. The summed E-state index contributed by atoms with van der Waals surface area (Å²) in [6, 6.07) is 4.88. The van der Waals surface area contributed by atoms with Crippen molar-refractivity contribution in [2.45, 2.75) is 12.6 Å². The molecule has 3 rings (SSSR count). The molecule has 7 heteroatoms. The third-order valence-electron chi connectivity index (χ3n) is 3.58. The molecular weight excluding hydrogens is 300 g/mol. The fraction of sp³-hybridized carbons (Fsp3) is 0.200. The second kappa shape index (κ2) is 5.08. The SMILES string of the molecule is O=C(c1ccncc1F)N1CCc2c1cccc2C(F)(F)F. The molecule has 1 aromatic heterocycles. The lowest BCUT2D eigenvalue weighted by atomic mass is 10.0. The van der Waals surface area contributed by atoms with Crippen LogP contribution in [-0.4, -0.2) is 17.4 Å². The number of carbonyl (C=O) groups excluding carboxylic acids is 1. The number of aromatic nitrogens is 1. The molecule has 22 heavy (non-hydrogen) atoms. The van der Waals surface area contributed by atoms with Crippen LogP contribution in [0.3, 0.4) is 0 Å². The van der Waals surface area contributed by atoms with Crippen molar-refractivity contribution in [2.24, 2.45) is 0 Å². The van der Waals surface area contributed by atoms with Gasteiger partial charge in [-0.3, -0.25) is 9.78 Å². The maximum Gasteiger partial charge on any atom is 0.416 e. The van der Waals surface area contributed by atoms with Crippen molar-refractivity contribution in [2.75, 3.05) is 11.4 Å². The van der Waals surface area contributed by atoms with Gasteiger partial charge in [0.15, 0.2) is 5.82 Å². The van der Waals surface area contributed by atoms with Gasteiger partial charge in [0.2, 0.25) is 0 Å². The first kappa shape index (κ1) is 14.5. The molecule has 3 nitrogen and oxygen atoms in total. The van der Waals surface area contributed by atoms with Crippen molar-refractivity contribution in [3.8, 4) is 0 Å². The smallest absolute Gasteiger partial charge is 0.308 e. The molecule has 1 aromatic carbocycles. The zero-order valence-electron chi connectivity index (χ0n) is 11.2. The molecule has 0 fully saturated rings. The minimum Gasteiger partial charge on any atom is -0.308 e. The number of rotatable bonds is 1. The van der Waals surface area contributed by atoms with E-state index in [4.69, 9.17) is 0 Å². The van der Waals surface area contributed by atoms with Crippen molar-refractivity contribution in [3.63, 3.8) is 0 Å². The molecule has 0 spiro atoms. The summed E-state index contributed by atoms with van der Waals surface area (Å²) in [7, 11) is 0. The number of nitrogens with zero attached hydrogens (tertiary/aromatic N) is 2. The first-order valence-corrected chi connectivity index (χ1v) is 6.50. The summed E-state index contributed by atoms with van der Waals surface area (Å²) >= 11 is 0. The minimum atomic E-state index is -4.48. The molecule has 0 saturated carbocycles. The summed E-state index contributed by atoms with van der Waals surface area (Å²) in [5.41, 5.74) is -0.718. The number of benzene rings is 1. The van der Waals surface area contributed by atoms with E-state index < -0.39 is 23.5 Å². The van der Waals surface area contributed by atoms with Crippen LogP contribution >= 0.6 is 0 Å². The van der Waals surface area contributed by atoms with Gasteiger partial charge in [0.1, 0.15) is 0 Å². The Hall–Kier alpha value is -2.44. The molecule has 0 saturated heterocycles. The van der Waals surface area contributed by atoms with Crippen molar-refractivity contribution in [1.29, 1.82) is 0 Å². The highest BCUT2D eigenvalue weighted by atomic mass is 19.4. The van der Waals surface area contributed by atoms with E-state index in [9.17, 15) is 22.4 Å². The summed E-state index contributed by atoms with van der Waals surface area (Å²) in [6.07, 6.45) is -2.23. The Balaban J connectivity index is 2.02. The van der Waals surface area contributed by atoms with Crippen molar-refractivity contribution >= 4 is 11.6 Å². The van der Waals surface area contributed by atoms with Crippen LogP contribution in [0.1, 0.15) is 21.5 Å². The van der Waals surface area contributed by atoms with Crippen LogP contribution in [0, 0.1) is 5.82 Å². The number of hydrogen-bond acceptors (Lipinski definition) is 2. The van der Waals surface area contributed by atoms with E-state index in [1.165, 1.54) is 29.3 Å². The number of carbonyl (C=O) groups is 1. The lowest BCUT2D eigenvalue weighted by Gasteiger charge is -2.18. The van der Waals surface area contributed by atoms with Gasteiger partial charge >= 0.3 is 6.18 Å². The summed E-state index contributed by atoms with van der Waals surface area (Å²) in [6.45, 7) is 0.0863. The van der Waals surface area contributed by atoms with E-state index in [1.54, 1.807) is 0 Å². The predicted molar refractivity (Wildman–Crippen MR) is 71.0 cm³/mol. The van der Waals surface area contributed by atoms with Gasteiger partial charge in [0.05, 0.1) is 17.3 Å². The van der Waals surface area contributed by atoms with Crippen molar-refractivity contribution < 1.29 is 22.4 Å². The van der Waals surface area contributed by atoms with E-state index in [0.29, 0.717) is 0 Å². The number of anilines is 1. The van der Waals surface area contributed by atoms with E-state index in [1.807, 2.05) is 0 Å². The predicted octanol–water partition coefficient (Wildman–Crippen LogP) is 3.44. The fourth-order valence-electron chi connectivity index (χ4n) is 2.60. The zero-order chi connectivity index (χ0) is 15.9. The third kappa shape index (κ3) is 2.32. The number of amides is 1. The molecule has 0 radical (unpaired) electrons. The van der Waals surface area contributed by atoms with Crippen molar-refractivity contribution in [3.05, 3.63) is 59.2 Å².